The predicted molar refractivity (Wildman–Crippen MR) is 120 cm³/mol. The Hall–Kier alpha value is -2.02. The first-order valence-electron chi connectivity index (χ1n) is 11.7. The molecule has 5 rings (SSSR count). The second-order valence-corrected chi connectivity index (χ2v) is 12.0. The Morgan fingerprint density at radius 1 is 1.17 bits per heavy atom. The molecule has 0 spiro atoms. The van der Waals surface area contributed by atoms with Gasteiger partial charge in [0.25, 0.3) is 0 Å². The second-order valence-electron chi connectivity index (χ2n) is 9.69. The highest BCUT2D eigenvalue weighted by atomic mass is 32.2. The zero-order valence-corrected chi connectivity index (χ0v) is 20.2. The highest BCUT2D eigenvalue weighted by molar-refractivity contribution is 7.91. The van der Waals surface area contributed by atoms with Gasteiger partial charge < -0.3 is 9.26 Å². The first kappa shape index (κ1) is 24.7. The van der Waals surface area contributed by atoms with Crippen LogP contribution in [0.4, 0.5) is 13.2 Å². The Labute approximate surface area is 202 Å². The summed E-state index contributed by atoms with van der Waals surface area (Å²) in [4.78, 5) is 6.72. The molecule has 2 saturated heterocycles. The molecule has 2 aliphatic heterocycles. The van der Waals surface area contributed by atoms with E-state index >= 15 is 0 Å². The summed E-state index contributed by atoms with van der Waals surface area (Å²) in [6.45, 7) is 1.24. The molecule has 35 heavy (non-hydrogen) atoms. The molecule has 1 aliphatic carbocycles. The average molecular weight is 514 g/mol. The minimum atomic E-state index is -4.25. The lowest BCUT2D eigenvalue weighted by Gasteiger charge is -2.42. The summed E-state index contributed by atoms with van der Waals surface area (Å²) in [6, 6.07) is 6.49. The fourth-order valence-electron chi connectivity index (χ4n) is 5.04. The van der Waals surface area contributed by atoms with Crippen LogP contribution in [0.1, 0.15) is 53.9 Å². The molecule has 3 aliphatic rings. The van der Waals surface area contributed by atoms with Gasteiger partial charge in [0, 0.05) is 26.7 Å². The molecular weight excluding hydrogens is 485 g/mol. The van der Waals surface area contributed by atoms with Gasteiger partial charge in [0.1, 0.15) is 5.60 Å². The van der Waals surface area contributed by atoms with Crippen LogP contribution in [0.15, 0.2) is 28.8 Å². The second kappa shape index (κ2) is 9.13. The van der Waals surface area contributed by atoms with Crippen molar-refractivity contribution < 1.29 is 30.8 Å². The molecule has 1 radical (unpaired) electrons. The van der Waals surface area contributed by atoms with E-state index in [0.29, 0.717) is 37.8 Å². The van der Waals surface area contributed by atoms with Crippen LogP contribution < -0.4 is 5.32 Å². The van der Waals surface area contributed by atoms with E-state index < -0.39 is 28.0 Å². The van der Waals surface area contributed by atoms with Crippen LogP contribution in [0, 0.1) is 0 Å². The summed E-state index contributed by atoms with van der Waals surface area (Å²) in [5.74, 6) is 0.809. The van der Waals surface area contributed by atoms with Crippen molar-refractivity contribution in [3.63, 3.8) is 0 Å². The molecule has 12 heteroatoms. The third kappa shape index (κ3) is 5.40. The van der Waals surface area contributed by atoms with Crippen molar-refractivity contribution in [1.82, 2.24) is 20.4 Å². The van der Waals surface area contributed by atoms with Gasteiger partial charge in [0.15, 0.2) is 9.84 Å². The molecule has 191 valence electrons. The summed E-state index contributed by atoms with van der Waals surface area (Å²) in [5.41, 5.74) is 0.615. The number of rotatable bonds is 6. The van der Waals surface area contributed by atoms with Crippen molar-refractivity contribution in [3.05, 3.63) is 47.1 Å². The Kier molecular flexibility index (Phi) is 6.43. The van der Waals surface area contributed by atoms with Gasteiger partial charge in [-0.15, -0.1) is 0 Å². The third-order valence-electron chi connectivity index (χ3n) is 7.28. The lowest BCUT2D eigenvalue weighted by atomic mass is 9.82. The van der Waals surface area contributed by atoms with Crippen LogP contribution in [0.25, 0.3) is 0 Å². The molecule has 3 fully saturated rings. The Morgan fingerprint density at radius 2 is 1.86 bits per heavy atom. The number of alkyl halides is 3. The first-order valence-corrected chi connectivity index (χ1v) is 13.6. The zero-order valence-electron chi connectivity index (χ0n) is 19.4. The van der Waals surface area contributed by atoms with Crippen LogP contribution in [-0.4, -0.2) is 74.1 Å². The number of halogens is 3. The van der Waals surface area contributed by atoms with Gasteiger partial charge in [0.05, 0.1) is 30.0 Å². The summed E-state index contributed by atoms with van der Waals surface area (Å²) in [5, 5.41) is 9.07. The van der Waals surface area contributed by atoms with Gasteiger partial charge in [-0.05, 0) is 36.3 Å². The highest BCUT2D eigenvalue weighted by Gasteiger charge is 2.50. The number of sulfone groups is 1. The highest BCUT2D eigenvalue weighted by Crippen LogP contribution is 2.48. The minimum Gasteiger partial charge on any atom is -0.370 e. The lowest BCUT2D eigenvalue weighted by Crippen LogP contribution is -2.55. The number of ether oxygens (including phenoxy) is 1. The van der Waals surface area contributed by atoms with Gasteiger partial charge >= 0.3 is 6.18 Å². The van der Waals surface area contributed by atoms with Crippen molar-refractivity contribution in [2.75, 3.05) is 38.2 Å². The molecular formula is C23H28F3N4O4S. The van der Waals surface area contributed by atoms with Crippen molar-refractivity contribution in [2.45, 2.75) is 55.5 Å². The van der Waals surface area contributed by atoms with E-state index in [2.05, 4.69) is 15.0 Å². The van der Waals surface area contributed by atoms with Crippen LogP contribution >= 0.6 is 0 Å². The first-order chi connectivity index (χ1) is 16.6. The van der Waals surface area contributed by atoms with E-state index in [1.165, 1.54) is 12.1 Å². The summed E-state index contributed by atoms with van der Waals surface area (Å²) >= 11 is 0. The number of piperidine rings is 1. The maximum atomic E-state index is 12.7. The molecule has 0 N–H and O–H groups in total. The topological polar surface area (TPSA) is 99.6 Å². The van der Waals surface area contributed by atoms with E-state index in [-0.39, 0.29) is 35.1 Å². The smallest absolute Gasteiger partial charge is 0.370 e. The van der Waals surface area contributed by atoms with Crippen molar-refractivity contribution >= 4 is 9.84 Å². The summed E-state index contributed by atoms with van der Waals surface area (Å²) in [6.07, 6.45) is -3.28. The Bertz CT molecular complexity index is 1130. The van der Waals surface area contributed by atoms with Crippen LogP contribution in [0.2, 0.25) is 0 Å². The Morgan fingerprint density at radius 3 is 2.46 bits per heavy atom. The SMILES string of the molecule is COC1(c2noc(C3CC(c4ccc(CC(F)(F)F)cc4)C[N]C3N3CCS(=O)(=O)CC3)n2)CC1. The molecule has 3 unspecified atom stereocenters. The largest absolute Gasteiger partial charge is 0.393 e. The van der Waals surface area contributed by atoms with Crippen LogP contribution in [0.3, 0.4) is 0 Å². The van der Waals surface area contributed by atoms with Crippen LogP contribution in [-0.2, 0) is 26.6 Å². The molecule has 0 amide bonds. The fraction of sp³-hybridized carbons (Fsp3) is 0.652. The number of hydrogen-bond donors (Lipinski definition) is 0. The standard InChI is InChI=1S/C23H28F3N4O4S/c1-33-22(6-7-22)21-28-20(34-29-21)18-12-17(16-4-2-15(3-5-16)13-23(24,25)26)14-27-19(18)30-8-10-35(31,32)11-9-30/h2-5,17-19H,6-14H2,1H3. The van der Waals surface area contributed by atoms with Crippen LogP contribution in [0.5, 0.6) is 0 Å². The van der Waals surface area contributed by atoms with E-state index in [1.54, 1.807) is 19.2 Å². The minimum absolute atomic E-state index is 0.0302. The van der Waals surface area contributed by atoms with E-state index in [0.717, 1.165) is 18.4 Å². The quantitative estimate of drug-likeness (QED) is 0.586. The van der Waals surface area contributed by atoms with Gasteiger partial charge in [-0.2, -0.15) is 18.2 Å². The number of aromatic nitrogens is 2. The molecule has 2 aromatic rings. The summed E-state index contributed by atoms with van der Waals surface area (Å²) in [7, 11) is -1.43. The maximum absolute atomic E-state index is 12.7. The van der Waals surface area contributed by atoms with Crippen molar-refractivity contribution in [3.8, 4) is 0 Å². The number of methoxy groups -OCH3 is 1. The van der Waals surface area contributed by atoms with Gasteiger partial charge in [-0.1, -0.05) is 29.4 Å². The third-order valence-corrected chi connectivity index (χ3v) is 8.89. The monoisotopic (exact) mass is 513 g/mol. The molecule has 0 bridgehead atoms. The van der Waals surface area contributed by atoms with E-state index in [1.807, 2.05) is 0 Å². The normalized spacial score (nSPS) is 28.6. The van der Waals surface area contributed by atoms with Gasteiger partial charge in [0.2, 0.25) is 11.7 Å². The van der Waals surface area contributed by atoms with E-state index in [4.69, 9.17) is 14.6 Å². The molecule has 1 aromatic carbocycles. The number of hydrogen-bond acceptors (Lipinski definition) is 7. The average Bonchev–Trinajstić information content (AvgIpc) is 3.46. The Balaban J connectivity index is 1.38. The zero-order chi connectivity index (χ0) is 24.8. The number of nitrogens with zero attached hydrogens (tertiary/aromatic N) is 4. The molecule has 1 saturated carbocycles. The molecule has 3 heterocycles. The van der Waals surface area contributed by atoms with E-state index in [9.17, 15) is 21.6 Å². The molecule has 3 atom stereocenters. The maximum Gasteiger partial charge on any atom is 0.393 e. The molecule has 1 aromatic heterocycles. The summed E-state index contributed by atoms with van der Waals surface area (Å²) < 4.78 is 73.3. The van der Waals surface area contributed by atoms with Gasteiger partial charge in [-0.25, -0.2) is 13.7 Å². The predicted octanol–water partition coefficient (Wildman–Crippen LogP) is 2.74. The van der Waals surface area contributed by atoms with Gasteiger partial charge in [-0.3, -0.25) is 4.90 Å². The van der Waals surface area contributed by atoms with Crippen molar-refractivity contribution in [2.24, 2.45) is 0 Å². The van der Waals surface area contributed by atoms with Crippen molar-refractivity contribution in [1.29, 1.82) is 0 Å². The lowest BCUT2D eigenvalue weighted by molar-refractivity contribution is -0.127. The fourth-order valence-corrected chi connectivity index (χ4v) is 6.27. The number of benzene rings is 1. The molecule has 8 nitrogen and oxygen atoms in total.